The highest BCUT2D eigenvalue weighted by Gasteiger charge is 2.29. The molecule has 1 saturated carbocycles. The van der Waals surface area contributed by atoms with Gasteiger partial charge >= 0.3 is 5.97 Å². The van der Waals surface area contributed by atoms with Crippen LogP contribution in [0.1, 0.15) is 35.2 Å². The van der Waals surface area contributed by atoms with Crippen LogP contribution in [0.3, 0.4) is 0 Å². The Bertz CT molecular complexity index is 478. The van der Waals surface area contributed by atoms with Gasteiger partial charge in [-0.15, -0.1) is 11.7 Å². The fourth-order valence-corrected chi connectivity index (χ4v) is 1.59. The molecule has 1 aliphatic rings. The number of nitrogens with zero attached hydrogens (tertiary/aromatic N) is 3. The van der Waals surface area contributed by atoms with Gasteiger partial charge in [0, 0.05) is 12.5 Å². The standard InChI is InChI=1S/C11H14N4O3/c1-2-5-15(6-8(16)17)11(18)10-12-9(13-14-10)7-3-4-7/h2,7H,1,3-6H2,(H,16,17)(H,12,13,14). The molecular weight excluding hydrogens is 236 g/mol. The van der Waals surface area contributed by atoms with Crippen molar-refractivity contribution >= 4 is 11.9 Å². The minimum atomic E-state index is -1.08. The molecule has 2 N–H and O–H groups in total. The van der Waals surface area contributed by atoms with E-state index in [9.17, 15) is 9.59 Å². The molecule has 0 aliphatic heterocycles. The monoisotopic (exact) mass is 250 g/mol. The predicted molar refractivity (Wildman–Crippen MR) is 62.1 cm³/mol. The smallest absolute Gasteiger partial charge is 0.323 e. The highest BCUT2D eigenvalue weighted by molar-refractivity contribution is 5.92. The maximum atomic E-state index is 12.0. The van der Waals surface area contributed by atoms with Crippen molar-refractivity contribution in [2.75, 3.05) is 13.1 Å². The molecule has 1 aromatic rings. The van der Waals surface area contributed by atoms with Crippen molar-refractivity contribution in [2.24, 2.45) is 0 Å². The maximum Gasteiger partial charge on any atom is 0.323 e. The van der Waals surface area contributed by atoms with Crippen LogP contribution >= 0.6 is 0 Å². The Kier molecular flexibility index (Phi) is 3.40. The number of carbonyl (C=O) groups is 2. The number of carboxylic acid groups (broad SMARTS) is 1. The summed E-state index contributed by atoms with van der Waals surface area (Å²) in [5, 5.41) is 15.3. The zero-order valence-corrected chi connectivity index (χ0v) is 9.80. The van der Waals surface area contributed by atoms with Crippen LogP contribution in [0.25, 0.3) is 0 Å². The van der Waals surface area contributed by atoms with Crippen molar-refractivity contribution in [2.45, 2.75) is 18.8 Å². The molecule has 1 heterocycles. The van der Waals surface area contributed by atoms with Crippen molar-refractivity contribution in [3.8, 4) is 0 Å². The summed E-state index contributed by atoms with van der Waals surface area (Å²) in [6, 6.07) is 0. The average molecular weight is 250 g/mol. The van der Waals surface area contributed by atoms with Crippen LogP contribution in [-0.4, -0.2) is 50.2 Å². The van der Waals surface area contributed by atoms with E-state index in [2.05, 4.69) is 21.8 Å². The normalized spacial score (nSPS) is 14.2. The molecule has 0 aromatic carbocycles. The lowest BCUT2D eigenvalue weighted by molar-refractivity contribution is -0.137. The van der Waals surface area contributed by atoms with Crippen molar-refractivity contribution < 1.29 is 14.7 Å². The first-order chi connectivity index (χ1) is 8.61. The Labute approximate surface area is 104 Å². The molecule has 0 saturated heterocycles. The second kappa shape index (κ2) is 4.99. The Morgan fingerprint density at radius 3 is 2.83 bits per heavy atom. The van der Waals surface area contributed by atoms with Crippen molar-refractivity contribution in [1.82, 2.24) is 20.1 Å². The highest BCUT2D eigenvalue weighted by Crippen LogP contribution is 2.37. The molecule has 1 amide bonds. The van der Waals surface area contributed by atoms with Gasteiger partial charge in [0.05, 0.1) is 0 Å². The van der Waals surface area contributed by atoms with Gasteiger partial charge in [-0.2, -0.15) is 0 Å². The van der Waals surface area contributed by atoms with Crippen LogP contribution in [0.15, 0.2) is 12.7 Å². The second-order valence-electron chi connectivity index (χ2n) is 4.19. The number of amides is 1. The number of nitrogens with one attached hydrogen (secondary N) is 1. The van der Waals surface area contributed by atoms with Gasteiger partial charge < -0.3 is 10.0 Å². The fraction of sp³-hybridized carbons (Fsp3) is 0.455. The first-order valence-electron chi connectivity index (χ1n) is 5.66. The number of rotatable bonds is 6. The van der Waals surface area contributed by atoms with Crippen LogP contribution in [0.5, 0.6) is 0 Å². The number of H-pyrrole nitrogens is 1. The number of hydrogen-bond acceptors (Lipinski definition) is 4. The Hall–Kier alpha value is -2.18. The Morgan fingerprint density at radius 2 is 2.28 bits per heavy atom. The Morgan fingerprint density at radius 1 is 1.56 bits per heavy atom. The summed E-state index contributed by atoms with van der Waals surface area (Å²) in [5.41, 5.74) is 0. The van der Waals surface area contributed by atoms with E-state index in [1.807, 2.05) is 0 Å². The summed E-state index contributed by atoms with van der Waals surface area (Å²) in [7, 11) is 0. The van der Waals surface area contributed by atoms with Gasteiger partial charge in [-0.25, -0.2) is 4.98 Å². The third kappa shape index (κ3) is 2.73. The number of aromatic nitrogens is 3. The maximum absolute atomic E-state index is 12.0. The van der Waals surface area contributed by atoms with Gasteiger partial charge in [-0.05, 0) is 12.8 Å². The van der Waals surface area contributed by atoms with E-state index in [4.69, 9.17) is 5.11 Å². The van der Waals surface area contributed by atoms with E-state index in [0.717, 1.165) is 17.7 Å². The van der Waals surface area contributed by atoms with E-state index in [1.165, 1.54) is 6.08 Å². The summed E-state index contributed by atoms with van der Waals surface area (Å²) in [4.78, 5) is 27.9. The fourth-order valence-electron chi connectivity index (χ4n) is 1.59. The first kappa shape index (κ1) is 12.3. The van der Waals surface area contributed by atoms with Gasteiger partial charge in [-0.3, -0.25) is 14.7 Å². The molecule has 18 heavy (non-hydrogen) atoms. The number of aliphatic carboxylic acids is 1. The molecular formula is C11H14N4O3. The van der Waals surface area contributed by atoms with E-state index in [1.54, 1.807) is 0 Å². The number of carboxylic acids is 1. The molecule has 0 atom stereocenters. The molecule has 7 heteroatoms. The number of aromatic amines is 1. The molecule has 1 aliphatic carbocycles. The average Bonchev–Trinajstić information content (AvgIpc) is 3.05. The quantitative estimate of drug-likeness (QED) is 0.712. The lowest BCUT2D eigenvalue weighted by atomic mass is 10.4. The molecule has 0 unspecified atom stereocenters. The molecule has 0 radical (unpaired) electrons. The minimum Gasteiger partial charge on any atom is -0.480 e. The largest absolute Gasteiger partial charge is 0.480 e. The SMILES string of the molecule is C=CCN(CC(=O)O)C(=O)c1n[nH]c(C2CC2)n1. The molecule has 0 bridgehead atoms. The summed E-state index contributed by atoms with van der Waals surface area (Å²) in [6.45, 7) is 3.25. The van der Waals surface area contributed by atoms with Crippen LogP contribution in [0.4, 0.5) is 0 Å². The van der Waals surface area contributed by atoms with Gasteiger partial charge in [-0.1, -0.05) is 6.08 Å². The van der Waals surface area contributed by atoms with Gasteiger partial charge in [0.2, 0.25) is 5.82 Å². The second-order valence-corrected chi connectivity index (χ2v) is 4.19. The van der Waals surface area contributed by atoms with E-state index >= 15 is 0 Å². The summed E-state index contributed by atoms with van der Waals surface area (Å²) >= 11 is 0. The zero-order chi connectivity index (χ0) is 13.1. The third-order valence-electron chi connectivity index (χ3n) is 2.62. The predicted octanol–water partition coefficient (Wildman–Crippen LogP) is 0.395. The molecule has 2 rings (SSSR count). The van der Waals surface area contributed by atoms with Crippen molar-refractivity contribution in [3.05, 3.63) is 24.3 Å². The molecule has 96 valence electrons. The molecule has 7 nitrogen and oxygen atoms in total. The zero-order valence-electron chi connectivity index (χ0n) is 9.80. The summed E-state index contributed by atoms with van der Waals surface area (Å²) in [5.74, 6) is -0.498. The van der Waals surface area contributed by atoms with Crippen LogP contribution < -0.4 is 0 Å². The molecule has 1 aromatic heterocycles. The van der Waals surface area contributed by atoms with Crippen LogP contribution in [-0.2, 0) is 4.79 Å². The van der Waals surface area contributed by atoms with Gasteiger partial charge in [0.15, 0.2) is 0 Å². The highest BCUT2D eigenvalue weighted by atomic mass is 16.4. The Balaban J connectivity index is 2.09. The minimum absolute atomic E-state index is 0.0139. The molecule has 1 fully saturated rings. The van der Waals surface area contributed by atoms with E-state index in [-0.39, 0.29) is 12.4 Å². The lowest BCUT2D eigenvalue weighted by Gasteiger charge is -2.16. The lowest BCUT2D eigenvalue weighted by Crippen LogP contribution is -2.36. The van der Waals surface area contributed by atoms with E-state index in [0.29, 0.717) is 11.7 Å². The first-order valence-corrected chi connectivity index (χ1v) is 5.66. The van der Waals surface area contributed by atoms with Crippen molar-refractivity contribution in [1.29, 1.82) is 0 Å². The van der Waals surface area contributed by atoms with Crippen LogP contribution in [0, 0.1) is 0 Å². The van der Waals surface area contributed by atoms with Gasteiger partial charge in [0.1, 0.15) is 12.4 Å². The third-order valence-corrected chi connectivity index (χ3v) is 2.62. The van der Waals surface area contributed by atoms with Crippen LogP contribution in [0.2, 0.25) is 0 Å². The van der Waals surface area contributed by atoms with Gasteiger partial charge in [0.25, 0.3) is 5.91 Å². The number of carbonyl (C=O) groups excluding carboxylic acids is 1. The molecule has 0 spiro atoms. The van der Waals surface area contributed by atoms with E-state index < -0.39 is 18.4 Å². The summed E-state index contributed by atoms with van der Waals surface area (Å²) in [6.07, 6.45) is 3.57. The summed E-state index contributed by atoms with van der Waals surface area (Å²) < 4.78 is 0. The van der Waals surface area contributed by atoms with Crippen molar-refractivity contribution in [3.63, 3.8) is 0 Å². The number of hydrogen-bond donors (Lipinski definition) is 2. The topological polar surface area (TPSA) is 99.2 Å².